The van der Waals surface area contributed by atoms with E-state index in [1.165, 1.54) is 0 Å². The Morgan fingerprint density at radius 2 is 2.06 bits per heavy atom. The van der Waals surface area contributed by atoms with Crippen molar-refractivity contribution in [1.29, 1.82) is 0 Å². The Kier molecular flexibility index (Phi) is 2.89. The number of carbonyl (C=O) groups is 2. The highest BCUT2D eigenvalue weighted by Gasteiger charge is 2.51. The van der Waals surface area contributed by atoms with Crippen molar-refractivity contribution in [3.05, 3.63) is 0 Å². The van der Waals surface area contributed by atoms with Gasteiger partial charge in [0.05, 0.1) is 12.0 Å². The summed E-state index contributed by atoms with van der Waals surface area (Å²) in [5.41, 5.74) is -0.764. The number of ether oxygens (including phenoxy) is 1. The highest BCUT2D eigenvalue weighted by Crippen LogP contribution is 2.37. The van der Waals surface area contributed by atoms with Crippen LogP contribution in [0.4, 0.5) is 4.79 Å². The number of rotatable bonds is 0. The number of carbonyl (C=O) groups excluding carboxylic acids is 2. The quantitative estimate of drug-likeness (QED) is 0.680. The molecule has 0 aromatic heterocycles. The van der Waals surface area contributed by atoms with E-state index in [1.54, 1.807) is 4.90 Å². The molecule has 2 heterocycles. The first-order valence-corrected chi connectivity index (χ1v) is 6.04. The van der Waals surface area contributed by atoms with Gasteiger partial charge in [-0.25, -0.2) is 4.79 Å². The van der Waals surface area contributed by atoms with E-state index in [4.69, 9.17) is 4.74 Å². The Hall–Kier alpha value is -1.10. The minimum absolute atomic E-state index is 0.226. The third-order valence-corrected chi connectivity index (χ3v) is 3.30. The van der Waals surface area contributed by atoms with Gasteiger partial charge >= 0.3 is 6.09 Å². The fourth-order valence-electron chi connectivity index (χ4n) is 2.33. The molecule has 17 heavy (non-hydrogen) atoms. The summed E-state index contributed by atoms with van der Waals surface area (Å²) >= 11 is 0. The Morgan fingerprint density at radius 3 is 2.59 bits per heavy atom. The van der Waals surface area contributed by atoms with E-state index in [0.717, 1.165) is 13.0 Å². The van der Waals surface area contributed by atoms with Gasteiger partial charge in [-0.05, 0) is 33.7 Å². The van der Waals surface area contributed by atoms with Crippen LogP contribution in [-0.2, 0) is 9.53 Å². The van der Waals surface area contributed by atoms with E-state index in [-0.39, 0.29) is 17.3 Å². The van der Waals surface area contributed by atoms with Crippen molar-refractivity contribution in [3.63, 3.8) is 0 Å². The topological polar surface area (TPSA) is 58.6 Å². The second-order valence-electron chi connectivity index (χ2n) is 5.97. The van der Waals surface area contributed by atoms with E-state index in [1.807, 2.05) is 20.8 Å². The molecule has 96 valence electrons. The third kappa shape index (κ3) is 2.44. The molecule has 0 bridgehead atoms. The molecule has 5 heteroatoms. The predicted molar refractivity (Wildman–Crippen MR) is 62.7 cm³/mol. The molecule has 0 unspecified atom stereocenters. The number of ketones is 1. The van der Waals surface area contributed by atoms with Crippen LogP contribution in [0, 0.1) is 5.41 Å². The second-order valence-corrected chi connectivity index (χ2v) is 5.97. The average Bonchev–Trinajstić information content (AvgIpc) is 2.12. The number of nitrogens with one attached hydrogen (secondary N) is 1. The molecular formula is C12H20N2O3. The molecule has 0 aliphatic carbocycles. The summed E-state index contributed by atoms with van der Waals surface area (Å²) in [6, 6.07) is 0. The monoisotopic (exact) mass is 240 g/mol. The fourth-order valence-corrected chi connectivity index (χ4v) is 2.33. The number of hydrogen-bond acceptors (Lipinski definition) is 4. The summed E-state index contributed by atoms with van der Waals surface area (Å²) in [5, 5.41) is 3.06. The van der Waals surface area contributed by atoms with E-state index in [2.05, 4.69) is 5.32 Å². The number of likely N-dealkylation sites (tertiary alicyclic amines) is 1. The molecule has 2 rings (SSSR count). The summed E-state index contributed by atoms with van der Waals surface area (Å²) in [4.78, 5) is 25.2. The van der Waals surface area contributed by atoms with Gasteiger partial charge in [0.25, 0.3) is 0 Å². The summed E-state index contributed by atoms with van der Waals surface area (Å²) in [6.45, 7) is 7.85. The zero-order valence-corrected chi connectivity index (χ0v) is 10.7. The molecule has 1 amide bonds. The molecule has 0 aromatic rings. The van der Waals surface area contributed by atoms with E-state index >= 15 is 0 Å². The molecule has 1 spiro atoms. The van der Waals surface area contributed by atoms with Crippen molar-refractivity contribution in [2.75, 3.05) is 26.2 Å². The van der Waals surface area contributed by atoms with Crippen LogP contribution in [0.5, 0.6) is 0 Å². The van der Waals surface area contributed by atoms with Gasteiger partial charge in [0.1, 0.15) is 5.60 Å². The van der Waals surface area contributed by atoms with Gasteiger partial charge in [-0.1, -0.05) is 0 Å². The largest absolute Gasteiger partial charge is 0.444 e. The van der Waals surface area contributed by atoms with Gasteiger partial charge in [0.2, 0.25) is 0 Å². The van der Waals surface area contributed by atoms with E-state index in [0.29, 0.717) is 19.6 Å². The summed E-state index contributed by atoms with van der Waals surface area (Å²) in [7, 11) is 0. The van der Waals surface area contributed by atoms with Crippen LogP contribution in [0.2, 0.25) is 0 Å². The molecule has 2 fully saturated rings. The van der Waals surface area contributed by atoms with Crippen LogP contribution in [0.1, 0.15) is 27.2 Å². The van der Waals surface area contributed by atoms with Crippen LogP contribution >= 0.6 is 0 Å². The second kappa shape index (κ2) is 3.98. The molecule has 0 atom stereocenters. The zero-order chi connectivity index (χ0) is 12.7. The van der Waals surface area contributed by atoms with Crippen molar-refractivity contribution in [3.8, 4) is 0 Å². The molecule has 2 aliphatic rings. The van der Waals surface area contributed by atoms with Crippen molar-refractivity contribution < 1.29 is 14.3 Å². The number of hydrogen-bond donors (Lipinski definition) is 1. The standard InChI is InChI=1S/C12H20N2O3/c1-11(2,3)17-10(16)14-7-12(8-14)4-5-13-6-9(12)15/h13H,4-8H2,1-3H3. The fraction of sp³-hybridized carbons (Fsp3) is 0.833. The van der Waals surface area contributed by atoms with Gasteiger partial charge in [-0.15, -0.1) is 0 Å². The molecule has 5 nitrogen and oxygen atoms in total. The first kappa shape index (κ1) is 12.4. The number of amides is 1. The zero-order valence-electron chi connectivity index (χ0n) is 10.7. The Labute approximate surface area is 101 Å². The molecule has 0 radical (unpaired) electrons. The van der Waals surface area contributed by atoms with E-state index in [9.17, 15) is 9.59 Å². The lowest BCUT2D eigenvalue weighted by molar-refractivity contribution is -0.140. The Morgan fingerprint density at radius 1 is 1.41 bits per heavy atom. The highest BCUT2D eigenvalue weighted by molar-refractivity contribution is 5.90. The first-order valence-electron chi connectivity index (χ1n) is 6.04. The van der Waals surface area contributed by atoms with Gasteiger partial charge in [-0.2, -0.15) is 0 Å². The lowest BCUT2D eigenvalue weighted by Gasteiger charge is -2.50. The van der Waals surface area contributed by atoms with Gasteiger partial charge < -0.3 is 15.0 Å². The molecule has 2 saturated heterocycles. The van der Waals surface area contributed by atoms with Crippen molar-refractivity contribution in [2.24, 2.45) is 5.41 Å². The van der Waals surface area contributed by atoms with Crippen molar-refractivity contribution in [1.82, 2.24) is 10.2 Å². The minimum Gasteiger partial charge on any atom is -0.444 e. The average molecular weight is 240 g/mol. The first-order chi connectivity index (χ1) is 7.82. The Bertz CT molecular complexity index is 340. The molecule has 2 aliphatic heterocycles. The maximum absolute atomic E-state index is 11.8. The lowest BCUT2D eigenvalue weighted by atomic mass is 9.71. The maximum atomic E-state index is 11.8. The van der Waals surface area contributed by atoms with Gasteiger partial charge in [0.15, 0.2) is 5.78 Å². The van der Waals surface area contributed by atoms with Gasteiger partial charge in [-0.3, -0.25) is 4.79 Å². The highest BCUT2D eigenvalue weighted by atomic mass is 16.6. The van der Waals surface area contributed by atoms with Crippen LogP contribution < -0.4 is 5.32 Å². The maximum Gasteiger partial charge on any atom is 0.410 e. The van der Waals surface area contributed by atoms with E-state index < -0.39 is 5.60 Å². The minimum atomic E-state index is -0.474. The van der Waals surface area contributed by atoms with Crippen molar-refractivity contribution >= 4 is 11.9 Å². The molecular weight excluding hydrogens is 220 g/mol. The summed E-state index contributed by atoms with van der Waals surface area (Å²) in [6.07, 6.45) is 0.514. The normalized spacial score (nSPS) is 23.5. The summed E-state index contributed by atoms with van der Waals surface area (Å²) in [5.74, 6) is 0.226. The molecule has 1 N–H and O–H groups in total. The number of piperidine rings is 1. The smallest absolute Gasteiger partial charge is 0.410 e. The number of nitrogens with zero attached hydrogens (tertiary/aromatic N) is 1. The van der Waals surface area contributed by atoms with Crippen LogP contribution in [0.3, 0.4) is 0 Å². The van der Waals surface area contributed by atoms with Crippen molar-refractivity contribution in [2.45, 2.75) is 32.8 Å². The number of Topliss-reactive ketones (excluding diaryl/α,β-unsaturated/α-hetero) is 1. The SMILES string of the molecule is CC(C)(C)OC(=O)N1CC2(CCNCC2=O)C1. The van der Waals surface area contributed by atoms with Crippen LogP contribution in [0.15, 0.2) is 0 Å². The summed E-state index contributed by atoms with van der Waals surface area (Å²) < 4.78 is 5.27. The third-order valence-electron chi connectivity index (χ3n) is 3.30. The Balaban J connectivity index is 1.89. The van der Waals surface area contributed by atoms with Crippen LogP contribution in [-0.4, -0.2) is 48.6 Å². The molecule has 0 saturated carbocycles. The van der Waals surface area contributed by atoms with Crippen LogP contribution in [0.25, 0.3) is 0 Å². The molecule has 0 aromatic carbocycles. The lowest BCUT2D eigenvalue weighted by Crippen LogP contribution is -2.66. The van der Waals surface area contributed by atoms with Gasteiger partial charge in [0, 0.05) is 13.1 Å². The predicted octanol–water partition coefficient (Wildman–Crippen LogP) is 0.786.